The van der Waals surface area contributed by atoms with Gasteiger partial charge in [-0.1, -0.05) is 0 Å². The van der Waals surface area contributed by atoms with Crippen LogP contribution < -0.4 is 4.72 Å². The van der Waals surface area contributed by atoms with Crippen molar-refractivity contribution in [3.63, 3.8) is 0 Å². The number of rotatable bonds is 6. The van der Waals surface area contributed by atoms with E-state index in [-0.39, 0.29) is 11.5 Å². The van der Waals surface area contributed by atoms with E-state index in [4.69, 9.17) is 4.74 Å². The average molecular weight is 417 g/mol. The van der Waals surface area contributed by atoms with Crippen LogP contribution in [-0.2, 0) is 14.8 Å². The first kappa shape index (κ1) is 20.5. The molecule has 1 aromatic heterocycles. The van der Waals surface area contributed by atoms with E-state index in [1.54, 1.807) is 42.8 Å². The maximum atomic E-state index is 13.2. The number of hydrogen-bond donors (Lipinski definition) is 1. The van der Waals surface area contributed by atoms with Crippen LogP contribution in [0.3, 0.4) is 0 Å². The summed E-state index contributed by atoms with van der Waals surface area (Å²) in [6.45, 7) is 5.27. The smallest absolute Gasteiger partial charge is 0.341 e. The van der Waals surface area contributed by atoms with E-state index in [1.807, 2.05) is 0 Å². The molecular weight excluding hydrogens is 397 g/mol. The Kier molecular flexibility index (Phi) is 5.69. The van der Waals surface area contributed by atoms with Crippen molar-refractivity contribution in [3.8, 4) is 5.69 Å². The van der Waals surface area contributed by atoms with Gasteiger partial charge in [-0.05, 0) is 68.8 Å². The number of esters is 1. The number of aryl methyl sites for hydroxylation is 1. The number of nitrogens with one attached hydrogen (secondary N) is 1. The molecule has 0 aliphatic carbocycles. The normalized spacial score (nSPS) is 11.3. The molecule has 9 heteroatoms. The molecular formula is C20H20FN3O4S. The van der Waals surface area contributed by atoms with E-state index in [0.717, 1.165) is 6.07 Å². The zero-order chi connectivity index (χ0) is 21.2. The molecule has 1 heterocycles. The summed E-state index contributed by atoms with van der Waals surface area (Å²) in [4.78, 5) is 11.9. The third kappa shape index (κ3) is 4.29. The molecule has 0 spiro atoms. The number of nitrogens with zero attached hydrogens (tertiary/aromatic N) is 2. The van der Waals surface area contributed by atoms with Crippen LogP contribution in [0.4, 0.5) is 10.1 Å². The fraction of sp³-hybridized carbons (Fsp3) is 0.200. The highest BCUT2D eigenvalue weighted by atomic mass is 32.2. The first-order valence-corrected chi connectivity index (χ1v) is 10.3. The predicted octanol–water partition coefficient (Wildman–Crippen LogP) is 3.61. The summed E-state index contributed by atoms with van der Waals surface area (Å²) in [6.07, 6.45) is 1.43. The van der Waals surface area contributed by atoms with Gasteiger partial charge in [-0.15, -0.1) is 0 Å². The van der Waals surface area contributed by atoms with Gasteiger partial charge in [-0.2, -0.15) is 5.10 Å². The summed E-state index contributed by atoms with van der Waals surface area (Å²) in [7, 11) is -3.86. The molecule has 0 bridgehead atoms. The first-order chi connectivity index (χ1) is 13.7. The van der Waals surface area contributed by atoms with Gasteiger partial charge in [0.05, 0.1) is 29.1 Å². The van der Waals surface area contributed by atoms with Crippen molar-refractivity contribution in [3.05, 3.63) is 71.3 Å². The van der Waals surface area contributed by atoms with Crippen molar-refractivity contribution in [2.75, 3.05) is 11.3 Å². The molecule has 7 nitrogen and oxygen atoms in total. The van der Waals surface area contributed by atoms with E-state index >= 15 is 0 Å². The second-order valence-corrected chi connectivity index (χ2v) is 7.99. The highest BCUT2D eigenvalue weighted by Gasteiger charge is 2.18. The Bertz CT molecular complexity index is 1150. The summed E-state index contributed by atoms with van der Waals surface area (Å²) >= 11 is 0. The molecule has 0 unspecified atom stereocenters. The van der Waals surface area contributed by atoms with Crippen LogP contribution in [0.1, 0.15) is 28.5 Å². The molecule has 0 radical (unpaired) electrons. The third-order valence-electron chi connectivity index (χ3n) is 4.30. The summed E-state index contributed by atoms with van der Waals surface area (Å²) in [5.74, 6) is -0.946. The number of benzene rings is 2. The number of carbonyl (C=O) groups is 1. The Morgan fingerprint density at radius 1 is 1.17 bits per heavy atom. The molecule has 1 N–H and O–H groups in total. The molecule has 2 aromatic carbocycles. The lowest BCUT2D eigenvalue weighted by Crippen LogP contribution is -2.14. The molecule has 0 aliphatic heterocycles. The molecule has 3 rings (SSSR count). The minimum Gasteiger partial charge on any atom is -0.462 e. The lowest BCUT2D eigenvalue weighted by Gasteiger charge is -2.11. The van der Waals surface area contributed by atoms with Crippen molar-refractivity contribution in [2.24, 2.45) is 0 Å². The number of ether oxygens (including phenoxy) is 1. The average Bonchev–Trinajstić information content (AvgIpc) is 3.03. The minimum atomic E-state index is -3.86. The van der Waals surface area contributed by atoms with Crippen LogP contribution in [0.2, 0.25) is 0 Å². The van der Waals surface area contributed by atoms with Crippen LogP contribution >= 0.6 is 0 Å². The summed E-state index contributed by atoms with van der Waals surface area (Å²) in [5.41, 5.74) is 2.28. The number of hydrogen-bond acceptors (Lipinski definition) is 5. The summed E-state index contributed by atoms with van der Waals surface area (Å²) < 4.78 is 47.4. The van der Waals surface area contributed by atoms with Gasteiger partial charge < -0.3 is 4.74 Å². The number of halogens is 1. The Balaban J connectivity index is 1.83. The molecule has 3 aromatic rings. The van der Waals surface area contributed by atoms with Gasteiger partial charge in [-0.3, -0.25) is 4.72 Å². The Morgan fingerprint density at radius 3 is 2.48 bits per heavy atom. The molecule has 0 amide bonds. The minimum absolute atomic E-state index is 0.00461. The summed E-state index contributed by atoms with van der Waals surface area (Å²) in [6, 6.07) is 10.00. The van der Waals surface area contributed by atoms with Crippen LogP contribution in [0.25, 0.3) is 5.69 Å². The lowest BCUT2D eigenvalue weighted by atomic mass is 10.2. The highest BCUT2D eigenvalue weighted by molar-refractivity contribution is 7.92. The third-order valence-corrected chi connectivity index (χ3v) is 5.84. The van der Waals surface area contributed by atoms with Gasteiger partial charge in [0.1, 0.15) is 11.4 Å². The van der Waals surface area contributed by atoms with Crippen molar-refractivity contribution in [2.45, 2.75) is 25.7 Å². The van der Waals surface area contributed by atoms with Gasteiger partial charge in [0.25, 0.3) is 10.0 Å². The molecule has 0 fully saturated rings. The van der Waals surface area contributed by atoms with Crippen molar-refractivity contribution in [1.29, 1.82) is 0 Å². The van der Waals surface area contributed by atoms with Gasteiger partial charge in [0.2, 0.25) is 0 Å². The van der Waals surface area contributed by atoms with Crippen LogP contribution in [0.15, 0.2) is 53.6 Å². The van der Waals surface area contributed by atoms with Gasteiger partial charge in [0, 0.05) is 5.69 Å². The zero-order valence-corrected chi connectivity index (χ0v) is 17.0. The van der Waals surface area contributed by atoms with Gasteiger partial charge in [0.15, 0.2) is 0 Å². The predicted molar refractivity (Wildman–Crippen MR) is 106 cm³/mol. The fourth-order valence-corrected chi connectivity index (χ4v) is 4.16. The zero-order valence-electron chi connectivity index (χ0n) is 16.1. The van der Waals surface area contributed by atoms with Crippen LogP contribution in [0.5, 0.6) is 0 Å². The van der Waals surface area contributed by atoms with E-state index in [2.05, 4.69) is 9.82 Å². The quantitative estimate of drug-likeness (QED) is 0.619. The Labute approximate surface area is 168 Å². The molecule has 0 aliphatic rings. The second kappa shape index (κ2) is 8.04. The maximum absolute atomic E-state index is 13.2. The second-order valence-electron chi connectivity index (χ2n) is 6.34. The molecule has 0 atom stereocenters. The largest absolute Gasteiger partial charge is 0.462 e. The van der Waals surface area contributed by atoms with Crippen molar-refractivity contribution in [1.82, 2.24) is 9.78 Å². The number of carbonyl (C=O) groups excluding carboxylic acids is 1. The number of sulfonamides is 1. The topological polar surface area (TPSA) is 90.3 Å². The van der Waals surface area contributed by atoms with Gasteiger partial charge in [-0.25, -0.2) is 22.3 Å². The number of anilines is 1. The van der Waals surface area contributed by atoms with E-state index < -0.39 is 21.8 Å². The Hall–Kier alpha value is -3.20. The molecule has 29 heavy (non-hydrogen) atoms. The van der Waals surface area contributed by atoms with E-state index in [0.29, 0.717) is 28.2 Å². The van der Waals surface area contributed by atoms with Crippen molar-refractivity contribution >= 4 is 21.7 Å². The standard InChI is InChI=1S/C20H20FN3O4S/c1-4-28-20(25)18-12-22-24(14(18)3)17-8-6-16(7-9-17)23-29(26,27)19-10-5-15(21)11-13(19)2/h5-12,23H,4H2,1-3H3. The van der Waals surface area contributed by atoms with E-state index in [9.17, 15) is 17.6 Å². The van der Waals surface area contributed by atoms with Crippen LogP contribution in [0, 0.1) is 19.7 Å². The summed E-state index contributed by atoms with van der Waals surface area (Å²) in [5, 5.41) is 4.20. The molecule has 152 valence electrons. The maximum Gasteiger partial charge on any atom is 0.341 e. The van der Waals surface area contributed by atoms with Crippen LogP contribution in [-0.4, -0.2) is 30.8 Å². The molecule has 0 saturated heterocycles. The first-order valence-electron chi connectivity index (χ1n) is 8.84. The molecule has 0 saturated carbocycles. The Morgan fingerprint density at radius 2 is 1.86 bits per heavy atom. The monoisotopic (exact) mass is 417 g/mol. The fourth-order valence-electron chi connectivity index (χ4n) is 2.87. The SMILES string of the molecule is CCOC(=O)c1cnn(-c2ccc(NS(=O)(=O)c3ccc(F)cc3C)cc2)c1C. The van der Waals surface area contributed by atoms with E-state index in [1.165, 1.54) is 25.3 Å². The highest BCUT2D eigenvalue weighted by Crippen LogP contribution is 2.22. The van der Waals surface area contributed by atoms with Gasteiger partial charge >= 0.3 is 5.97 Å². The lowest BCUT2D eigenvalue weighted by molar-refractivity contribution is 0.0525. The number of aromatic nitrogens is 2. The van der Waals surface area contributed by atoms with Crippen molar-refractivity contribution < 1.29 is 22.3 Å².